The molecule has 0 amide bonds. The normalized spacial score (nSPS) is 5.14. The van der Waals surface area contributed by atoms with Crippen LogP contribution in [0.25, 0.3) is 0 Å². The Bertz CT molecular complexity index is 19.7. The van der Waals surface area contributed by atoms with E-state index >= 15 is 0 Å². The molecule has 0 aliphatic heterocycles. The van der Waals surface area contributed by atoms with E-state index in [1.165, 1.54) is 0 Å². The SMILES string of the molecule is OP(O)O.[AlH3].[CaH2].[Zn]. The van der Waals surface area contributed by atoms with Gasteiger partial charge in [0, 0.05) is 19.5 Å². The van der Waals surface area contributed by atoms with E-state index in [1.54, 1.807) is 0 Å². The molecule has 3 N–H and O–H groups in total. The molecule has 0 radical (unpaired) electrons. The van der Waals surface area contributed by atoms with Crippen molar-refractivity contribution < 1.29 is 34.2 Å². The first-order valence-corrected chi connectivity index (χ1v) is 1.80. The molecular weight excluding hydrogens is 211 g/mol. The third kappa shape index (κ3) is 53.1. The fraction of sp³-hybridized carbons (Fsp3) is 0. The van der Waals surface area contributed by atoms with Crippen LogP contribution in [0.3, 0.4) is 0 Å². The second-order valence-electron chi connectivity index (χ2n) is 0.268. The van der Waals surface area contributed by atoms with E-state index in [4.69, 9.17) is 14.7 Å². The van der Waals surface area contributed by atoms with E-state index in [2.05, 4.69) is 0 Å². The van der Waals surface area contributed by atoms with Crippen molar-refractivity contribution in [1.29, 1.82) is 0 Å². The Morgan fingerprint density at radius 2 is 1.00 bits per heavy atom. The van der Waals surface area contributed by atoms with Gasteiger partial charge in [-0.1, -0.05) is 0 Å². The summed E-state index contributed by atoms with van der Waals surface area (Å²) in [7, 11) is -2.62. The molecule has 0 aliphatic rings. The predicted octanol–water partition coefficient (Wildman–Crippen LogP) is -2.91. The first-order valence-electron chi connectivity index (χ1n) is 0.600. The fourth-order valence-corrected chi connectivity index (χ4v) is 0. The molecule has 0 saturated carbocycles. The monoisotopic (exact) mass is 218 g/mol. The summed E-state index contributed by atoms with van der Waals surface area (Å²) in [5, 5.41) is 0. The van der Waals surface area contributed by atoms with Gasteiger partial charge in [0.05, 0.1) is 0 Å². The molecule has 7 heteroatoms. The van der Waals surface area contributed by atoms with Crippen LogP contribution in [0, 0.1) is 0 Å². The van der Waals surface area contributed by atoms with Gasteiger partial charge < -0.3 is 14.7 Å². The topological polar surface area (TPSA) is 60.7 Å². The van der Waals surface area contributed by atoms with Crippen molar-refractivity contribution in [2.45, 2.75) is 0 Å². The maximum Gasteiger partial charge on any atom is 0 e. The average Bonchev–Trinajstić information content (AvgIpc) is 0.811. The zero-order valence-electron chi connectivity index (χ0n) is 2.50. The van der Waals surface area contributed by atoms with Crippen molar-refractivity contribution in [3.05, 3.63) is 0 Å². The standard InChI is InChI=1S/Al.Ca.H3O3P.Zn.5H/c;;1-4(2)3;;;;;;/h;;1-3H;;;;;;. The van der Waals surface area contributed by atoms with Crippen LogP contribution < -0.4 is 0 Å². The van der Waals surface area contributed by atoms with E-state index in [-0.39, 0.29) is 74.6 Å². The van der Waals surface area contributed by atoms with E-state index in [0.29, 0.717) is 0 Å². The summed E-state index contributed by atoms with van der Waals surface area (Å²) in [4.78, 5) is 21.7. The molecule has 0 rings (SSSR count). The maximum atomic E-state index is 7.23. The largest absolute Gasteiger partial charge is 0 e. The quantitative estimate of drug-likeness (QED) is 0.302. The summed E-state index contributed by atoms with van der Waals surface area (Å²) < 4.78 is 0. The molecule has 0 spiro atoms. The Kier molecular flexibility index (Phi) is 51.3. The summed E-state index contributed by atoms with van der Waals surface area (Å²) in [6, 6.07) is 0. The molecule has 0 aromatic rings. The van der Waals surface area contributed by atoms with Crippen LogP contribution in [-0.4, -0.2) is 69.8 Å². The molecule has 0 unspecified atom stereocenters. The zero-order valence-corrected chi connectivity index (χ0v) is 6.36. The fourth-order valence-electron chi connectivity index (χ4n) is 0. The Morgan fingerprint density at radius 1 is 1.00 bits per heavy atom. The van der Waals surface area contributed by atoms with Crippen LogP contribution in [0.15, 0.2) is 0 Å². The third-order valence-corrected chi connectivity index (χ3v) is 0. The van der Waals surface area contributed by atoms with Gasteiger partial charge in [-0.2, -0.15) is 0 Å². The Balaban J connectivity index is -0.0000000150. The van der Waals surface area contributed by atoms with Crippen molar-refractivity contribution in [2.75, 3.05) is 0 Å². The number of rotatable bonds is 0. The van der Waals surface area contributed by atoms with Crippen LogP contribution in [-0.2, 0) is 19.5 Å². The van der Waals surface area contributed by atoms with Crippen molar-refractivity contribution in [1.82, 2.24) is 0 Å². The summed E-state index contributed by atoms with van der Waals surface area (Å²) in [6.07, 6.45) is 0. The van der Waals surface area contributed by atoms with Gasteiger partial charge >= 0.3 is 46.3 Å². The first-order chi connectivity index (χ1) is 1.73. The molecule has 0 heterocycles. The van der Waals surface area contributed by atoms with Crippen molar-refractivity contribution in [3.8, 4) is 0 Å². The molecule has 0 fully saturated rings. The van der Waals surface area contributed by atoms with Gasteiger partial charge in [0.25, 0.3) is 0 Å². The van der Waals surface area contributed by atoms with Crippen molar-refractivity contribution in [2.24, 2.45) is 0 Å². The van der Waals surface area contributed by atoms with Gasteiger partial charge in [-0.3, -0.25) is 0 Å². The molecule has 0 aromatic carbocycles. The van der Waals surface area contributed by atoms with Gasteiger partial charge in [-0.15, -0.1) is 0 Å². The molecule has 38 valence electrons. The Morgan fingerprint density at radius 3 is 1.00 bits per heavy atom. The molecule has 0 atom stereocenters. The van der Waals surface area contributed by atoms with Crippen LogP contribution in [0.1, 0.15) is 0 Å². The molecule has 0 saturated heterocycles. The maximum absolute atomic E-state index is 7.23. The van der Waals surface area contributed by atoms with Gasteiger partial charge in [0.1, 0.15) is 0 Å². The van der Waals surface area contributed by atoms with E-state index in [1.807, 2.05) is 0 Å². The number of hydrogen-bond acceptors (Lipinski definition) is 3. The van der Waals surface area contributed by atoms with Crippen molar-refractivity contribution in [3.63, 3.8) is 0 Å². The zero-order chi connectivity index (χ0) is 3.58. The van der Waals surface area contributed by atoms with E-state index in [9.17, 15) is 0 Å². The number of hydrogen-bond donors (Lipinski definition) is 3. The third-order valence-electron chi connectivity index (χ3n) is 0. The summed E-state index contributed by atoms with van der Waals surface area (Å²) in [5.74, 6) is 0. The molecule has 0 bridgehead atoms. The van der Waals surface area contributed by atoms with Crippen LogP contribution in [0.5, 0.6) is 0 Å². The molecule has 3 nitrogen and oxygen atoms in total. The summed E-state index contributed by atoms with van der Waals surface area (Å²) in [5.41, 5.74) is 0. The van der Waals surface area contributed by atoms with Gasteiger partial charge in [0.2, 0.25) is 0 Å². The molecule has 7 heavy (non-hydrogen) atoms. The summed E-state index contributed by atoms with van der Waals surface area (Å²) >= 11 is 0. The van der Waals surface area contributed by atoms with Crippen LogP contribution in [0.2, 0.25) is 0 Å². The summed E-state index contributed by atoms with van der Waals surface area (Å²) in [6.45, 7) is 0. The first kappa shape index (κ1) is 22.6. The second kappa shape index (κ2) is 15.9. The molecule has 0 aliphatic carbocycles. The van der Waals surface area contributed by atoms with E-state index < -0.39 is 8.60 Å². The van der Waals surface area contributed by atoms with Crippen LogP contribution >= 0.6 is 8.60 Å². The Labute approximate surface area is 96.4 Å². The smallest absolute Gasteiger partial charge is 0 e. The van der Waals surface area contributed by atoms with Gasteiger partial charge in [-0.25, -0.2) is 0 Å². The second-order valence-corrected chi connectivity index (χ2v) is 0.805. The molecule has 0 aromatic heterocycles. The Hall–Kier alpha value is 2.73. The van der Waals surface area contributed by atoms with Gasteiger partial charge in [0.15, 0.2) is 17.4 Å². The predicted molar refractivity (Wildman–Crippen MR) is 32.1 cm³/mol. The minimum Gasteiger partial charge on any atom is 0 e. The van der Waals surface area contributed by atoms with E-state index in [0.717, 1.165) is 0 Å². The van der Waals surface area contributed by atoms with Crippen molar-refractivity contribution >= 4 is 63.7 Å². The van der Waals surface area contributed by atoms with Crippen LogP contribution in [0.4, 0.5) is 0 Å². The van der Waals surface area contributed by atoms with Gasteiger partial charge in [-0.05, 0) is 0 Å². The molecular formula is H8AlCaO3PZn. The minimum atomic E-state index is -2.62. The average molecular weight is 219 g/mol. The minimum absolute atomic E-state index is 0.